The summed E-state index contributed by atoms with van der Waals surface area (Å²) >= 11 is 1.66. The highest BCUT2D eigenvalue weighted by Crippen LogP contribution is 2.16. The Morgan fingerprint density at radius 3 is 2.53 bits per heavy atom. The first-order valence-electron chi connectivity index (χ1n) is 5.83. The van der Waals surface area contributed by atoms with Crippen LogP contribution in [-0.4, -0.2) is 27.3 Å². The molecule has 1 rings (SSSR count). The topological polar surface area (TPSA) is 58.2 Å². The Hall–Kier alpha value is -0.430. The van der Waals surface area contributed by atoms with Crippen molar-refractivity contribution in [3.8, 4) is 0 Å². The maximum atomic E-state index is 11.6. The summed E-state index contributed by atoms with van der Waals surface area (Å²) in [6, 6.07) is 4.03. The van der Waals surface area contributed by atoms with Gasteiger partial charge < -0.3 is 5.32 Å². The monoisotopic (exact) mass is 276 g/mol. The fraction of sp³-hybridized carbons (Fsp3) is 0.636. The summed E-state index contributed by atoms with van der Waals surface area (Å²) in [6.45, 7) is 5.74. The molecule has 0 aliphatic heterocycles. The van der Waals surface area contributed by atoms with Gasteiger partial charge in [0.15, 0.2) is 0 Å². The maximum Gasteiger partial charge on any atom is 0.213 e. The van der Waals surface area contributed by atoms with Gasteiger partial charge in [0.05, 0.1) is 5.75 Å². The van der Waals surface area contributed by atoms with Crippen molar-refractivity contribution in [1.29, 1.82) is 0 Å². The van der Waals surface area contributed by atoms with Gasteiger partial charge in [0.2, 0.25) is 10.0 Å². The summed E-state index contributed by atoms with van der Waals surface area (Å²) in [5.41, 5.74) is 0. The molecule has 17 heavy (non-hydrogen) atoms. The number of nitrogens with one attached hydrogen (secondary N) is 2. The normalized spacial score (nSPS) is 11.9. The number of sulfonamides is 1. The fourth-order valence-electron chi connectivity index (χ4n) is 1.34. The van der Waals surface area contributed by atoms with Crippen molar-refractivity contribution in [2.24, 2.45) is 0 Å². The summed E-state index contributed by atoms with van der Waals surface area (Å²) < 4.78 is 25.8. The molecule has 1 aromatic rings. The van der Waals surface area contributed by atoms with Crippen molar-refractivity contribution in [2.75, 3.05) is 18.8 Å². The third-order valence-corrected chi connectivity index (χ3v) is 4.88. The highest BCUT2D eigenvalue weighted by Gasteiger charge is 2.09. The van der Waals surface area contributed by atoms with Crippen molar-refractivity contribution in [2.45, 2.75) is 26.8 Å². The van der Waals surface area contributed by atoms with Crippen LogP contribution in [0, 0.1) is 0 Å². The molecule has 0 saturated heterocycles. The zero-order valence-corrected chi connectivity index (χ0v) is 12.0. The Bertz CT molecular complexity index is 426. The molecule has 0 aliphatic carbocycles. The lowest BCUT2D eigenvalue weighted by Crippen LogP contribution is -2.31. The molecular weight excluding hydrogens is 256 g/mol. The first-order valence-corrected chi connectivity index (χ1v) is 8.30. The molecule has 0 radical (unpaired) electrons. The van der Waals surface area contributed by atoms with Gasteiger partial charge in [0.25, 0.3) is 0 Å². The molecule has 6 heteroatoms. The highest BCUT2D eigenvalue weighted by molar-refractivity contribution is 7.89. The Morgan fingerprint density at radius 2 is 1.94 bits per heavy atom. The van der Waals surface area contributed by atoms with Crippen molar-refractivity contribution in [3.05, 3.63) is 21.9 Å². The molecule has 0 fully saturated rings. The number of rotatable bonds is 8. The quantitative estimate of drug-likeness (QED) is 0.705. The van der Waals surface area contributed by atoms with Gasteiger partial charge in [0, 0.05) is 22.8 Å². The molecule has 0 bridgehead atoms. The van der Waals surface area contributed by atoms with Crippen LogP contribution in [-0.2, 0) is 23.0 Å². The highest BCUT2D eigenvalue weighted by atomic mass is 32.2. The first kappa shape index (κ1) is 14.6. The molecule has 0 saturated carbocycles. The molecule has 4 nitrogen and oxygen atoms in total. The zero-order chi connectivity index (χ0) is 12.7. The van der Waals surface area contributed by atoms with Crippen LogP contribution in [0.15, 0.2) is 12.1 Å². The van der Waals surface area contributed by atoms with Crippen LogP contribution in [0.1, 0.15) is 23.6 Å². The van der Waals surface area contributed by atoms with Gasteiger partial charge in [-0.05, 0) is 25.1 Å². The van der Waals surface area contributed by atoms with E-state index in [0.29, 0.717) is 13.1 Å². The van der Waals surface area contributed by atoms with Crippen molar-refractivity contribution >= 4 is 21.4 Å². The molecule has 0 unspecified atom stereocenters. The second kappa shape index (κ2) is 7.10. The molecule has 0 atom stereocenters. The number of hydrogen-bond acceptors (Lipinski definition) is 4. The van der Waals surface area contributed by atoms with Crippen LogP contribution in [0.3, 0.4) is 0 Å². The molecular formula is C11H20N2O2S2. The third kappa shape index (κ3) is 5.63. The van der Waals surface area contributed by atoms with E-state index in [9.17, 15) is 8.42 Å². The summed E-state index contributed by atoms with van der Waals surface area (Å²) in [7, 11) is -3.16. The van der Waals surface area contributed by atoms with E-state index in [2.05, 4.69) is 17.0 Å². The van der Waals surface area contributed by atoms with Crippen molar-refractivity contribution in [1.82, 2.24) is 10.0 Å². The van der Waals surface area contributed by atoms with Crippen molar-refractivity contribution < 1.29 is 8.42 Å². The van der Waals surface area contributed by atoms with Gasteiger partial charge in [-0.2, -0.15) is 0 Å². The van der Waals surface area contributed by atoms with E-state index in [1.807, 2.05) is 19.1 Å². The van der Waals surface area contributed by atoms with Crippen molar-refractivity contribution in [3.63, 3.8) is 0 Å². The Kier molecular flexibility index (Phi) is 6.11. The van der Waals surface area contributed by atoms with Gasteiger partial charge >= 0.3 is 0 Å². The van der Waals surface area contributed by atoms with Gasteiger partial charge in [-0.15, -0.1) is 11.3 Å². The van der Waals surface area contributed by atoms with Crippen LogP contribution in [0.5, 0.6) is 0 Å². The number of thiophene rings is 1. The minimum atomic E-state index is -3.16. The van der Waals surface area contributed by atoms with Crippen LogP contribution >= 0.6 is 11.3 Å². The molecule has 0 spiro atoms. The largest absolute Gasteiger partial charge is 0.316 e. The van der Waals surface area contributed by atoms with Gasteiger partial charge in [0.1, 0.15) is 0 Å². The van der Waals surface area contributed by atoms with E-state index in [1.165, 1.54) is 4.88 Å². The molecule has 2 N–H and O–H groups in total. The number of aryl methyl sites for hydroxylation is 1. The Morgan fingerprint density at radius 1 is 1.24 bits per heavy atom. The summed E-state index contributed by atoms with van der Waals surface area (Å²) in [5.74, 6) is 0.132. The lowest BCUT2D eigenvalue weighted by atomic mass is 10.4. The van der Waals surface area contributed by atoms with E-state index in [-0.39, 0.29) is 5.75 Å². The van der Waals surface area contributed by atoms with E-state index in [4.69, 9.17) is 0 Å². The molecule has 0 amide bonds. The van der Waals surface area contributed by atoms with E-state index < -0.39 is 10.0 Å². The van der Waals surface area contributed by atoms with Gasteiger partial charge in [-0.25, -0.2) is 13.1 Å². The lowest BCUT2D eigenvalue weighted by Gasteiger charge is -2.05. The molecule has 98 valence electrons. The second-order valence-electron chi connectivity index (χ2n) is 3.72. The first-order chi connectivity index (χ1) is 8.07. The maximum absolute atomic E-state index is 11.6. The predicted octanol–water partition coefficient (Wildman–Crippen LogP) is 1.34. The lowest BCUT2D eigenvalue weighted by molar-refractivity contribution is 0.578. The van der Waals surface area contributed by atoms with E-state index >= 15 is 0 Å². The third-order valence-electron chi connectivity index (χ3n) is 2.33. The smallest absolute Gasteiger partial charge is 0.213 e. The predicted molar refractivity (Wildman–Crippen MR) is 72.9 cm³/mol. The molecule has 1 aromatic heterocycles. The van der Waals surface area contributed by atoms with Gasteiger partial charge in [-0.3, -0.25) is 0 Å². The minimum absolute atomic E-state index is 0.132. The minimum Gasteiger partial charge on any atom is -0.316 e. The van der Waals surface area contributed by atoms with E-state index in [0.717, 1.165) is 17.8 Å². The standard InChI is InChI=1S/C11H20N2O2S2/c1-3-10-5-6-11(16-10)9-13-17(14,15)8-7-12-4-2/h5-6,12-13H,3-4,7-9H2,1-2H3. The molecule has 0 aliphatic rings. The average Bonchev–Trinajstić information content (AvgIpc) is 2.75. The van der Waals surface area contributed by atoms with E-state index in [1.54, 1.807) is 11.3 Å². The summed E-state index contributed by atoms with van der Waals surface area (Å²) in [6.07, 6.45) is 0.998. The number of hydrogen-bond donors (Lipinski definition) is 2. The summed E-state index contributed by atoms with van der Waals surface area (Å²) in [5, 5.41) is 3.00. The second-order valence-corrected chi connectivity index (χ2v) is 6.89. The van der Waals surface area contributed by atoms with Crippen LogP contribution < -0.4 is 10.0 Å². The Labute approximate surface area is 107 Å². The van der Waals surface area contributed by atoms with Crippen LogP contribution in [0.4, 0.5) is 0 Å². The van der Waals surface area contributed by atoms with Crippen LogP contribution in [0.25, 0.3) is 0 Å². The molecule has 1 heterocycles. The summed E-state index contributed by atoms with van der Waals surface area (Å²) in [4.78, 5) is 2.35. The Balaban J connectivity index is 2.38. The zero-order valence-electron chi connectivity index (χ0n) is 10.3. The molecule has 0 aromatic carbocycles. The fourth-order valence-corrected chi connectivity index (χ4v) is 3.27. The van der Waals surface area contributed by atoms with Gasteiger partial charge in [-0.1, -0.05) is 13.8 Å². The average molecular weight is 276 g/mol. The van der Waals surface area contributed by atoms with Crippen LogP contribution in [0.2, 0.25) is 0 Å². The SMILES string of the molecule is CCNCCS(=O)(=O)NCc1ccc(CC)s1.